The van der Waals surface area contributed by atoms with Crippen LogP contribution in [0.1, 0.15) is 12.5 Å². The minimum absolute atomic E-state index is 0.992. The third kappa shape index (κ3) is 1.24. The molecule has 1 aromatic rings. The highest BCUT2D eigenvalue weighted by atomic mass is 14.9. The van der Waals surface area contributed by atoms with Gasteiger partial charge in [0.1, 0.15) is 0 Å². The van der Waals surface area contributed by atoms with E-state index in [2.05, 4.69) is 35.8 Å². The number of nitrogens with one attached hydrogen (secondary N) is 2. The molecule has 2 N–H and O–H groups in total. The van der Waals surface area contributed by atoms with Gasteiger partial charge in [-0.05, 0) is 37.1 Å². The number of rotatable bonds is 2. The smallest absolute Gasteiger partial charge is 0.0375 e. The van der Waals surface area contributed by atoms with E-state index in [-0.39, 0.29) is 0 Å². The fourth-order valence-corrected chi connectivity index (χ4v) is 1.62. The van der Waals surface area contributed by atoms with Crippen LogP contribution in [-0.4, -0.2) is 13.1 Å². The molecule has 1 aliphatic rings. The van der Waals surface area contributed by atoms with Gasteiger partial charge in [0.25, 0.3) is 0 Å². The standard InChI is InChI=1S/C10H14N2/c1-2-11-9-3-4-10-8(7-9)5-6-12-10/h3-4,7,11-12H,2,5-6H2,1H3. The molecule has 2 nitrogen and oxygen atoms in total. The van der Waals surface area contributed by atoms with Crippen molar-refractivity contribution in [2.24, 2.45) is 0 Å². The van der Waals surface area contributed by atoms with Crippen LogP contribution < -0.4 is 10.6 Å². The molecule has 0 fully saturated rings. The highest BCUT2D eigenvalue weighted by Gasteiger charge is 2.08. The summed E-state index contributed by atoms with van der Waals surface area (Å²) in [7, 11) is 0. The molecule has 0 saturated carbocycles. The summed E-state index contributed by atoms with van der Waals surface area (Å²) in [6.07, 6.45) is 1.16. The predicted octanol–water partition coefficient (Wildman–Crippen LogP) is 2.09. The molecular weight excluding hydrogens is 148 g/mol. The molecule has 2 rings (SSSR count). The van der Waals surface area contributed by atoms with Crippen molar-refractivity contribution in [1.82, 2.24) is 0 Å². The van der Waals surface area contributed by atoms with Crippen molar-refractivity contribution in [3.63, 3.8) is 0 Å². The molecule has 0 atom stereocenters. The van der Waals surface area contributed by atoms with Gasteiger partial charge < -0.3 is 10.6 Å². The Morgan fingerprint density at radius 1 is 1.50 bits per heavy atom. The van der Waals surface area contributed by atoms with Gasteiger partial charge in [-0.15, -0.1) is 0 Å². The Hall–Kier alpha value is -1.18. The first-order chi connectivity index (χ1) is 5.90. The lowest BCUT2D eigenvalue weighted by Crippen LogP contribution is -1.96. The molecule has 0 aromatic heterocycles. The Bertz CT molecular complexity index is 281. The first-order valence-corrected chi connectivity index (χ1v) is 4.51. The van der Waals surface area contributed by atoms with Gasteiger partial charge in [-0.3, -0.25) is 0 Å². The molecule has 0 unspecified atom stereocenters. The zero-order valence-corrected chi connectivity index (χ0v) is 7.35. The van der Waals surface area contributed by atoms with Crippen molar-refractivity contribution >= 4 is 11.4 Å². The predicted molar refractivity (Wildman–Crippen MR) is 52.8 cm³/mol. The molecule has 0 amide bonds. The normalized spacial score (nSPS) is 13.8. The van der Waals surface area contributed by atoms with Crippen molar-refractivity contribution in [1.29, 1.82) is 0 Å². The van der Waals surface area contributed by atoms with Crippen LogP contribution in [0.3, 0.4) is 0 Å². The van der Waals surface area contributed by atoms with E-state index in [9.17, 15) is 0 Å². The Kier molecular flexibility index (Phi) is 1.90. The Morgan fingerprint density at radius 2 is 2.42 bits per heavy atom. The van der Waals surface area contributed by atoms with Crippen molar-refractivity contribution in [3.05, 3.63) is 23.8 Å². The molecule has 0 bridgehead atoms. The van der Waals surface area contributed by atoms with Gasteiger partial charge in [-0.2, -0.15) is 0 Å². The summed E-state index contributed by atoms with van der Waals surface area (Å²) in [6, 6.07) is 6.51. The summed E-state index contributed by atoms with van der Waals surface area (Å²) in [6.45, 7) is 4.20. The number of hydrogen-bond acceptors (Lipinski definition) is 2. The topological polar surface area (TPSA) is 24.1 Å². The average molecular weight is 162 g/mol. The van der Waals surface area contributed by atoms with E-state index in [4.69, 9.17) is 0 Å². The molecule has 1 heterocycles. The van der Waals surface area contributed by atoms with E-state index < -0.39 is 0 Å². The molecule has 0 radical (unpaired) electrons. The van der Waals surface area contributed by atoms with Gasteiger partial charge in [-0.25, -0.2) is 0 Å². The second-order valence-corrected chi connectivity index (χ2v) is 3.08. The fraction of sp³-hybridized carbons (Fsp3) is 0.400. The van der Waals surface area contributed by atoms with Crippen LogP contribution >= 0.6 is 0 Å². The molecule has 0 spiro atoms. The molecule has 0 saturated heterocycles. The molecule has 64 valence electrons. The van der Waals surface area contributed by atoms with Crippen molar-refractivity contribution in [2.75, 3.05) is 23.7 Å². The van der Waals surface area contributed by atoms with Gasteiger partial charge in [0, 0.05) is 24.5 Å². The number of benzene rings is 1. The Balaban J connectivity index is 2.26. The molecule has 1 aliphatic heterocycles. The highest BCUT2D eigenvalue weighted by Crippen LogP contribution is 2.24. The van der Waals surface area contributed by atoms with E-state index in [1.807, 2.05) is 0 Å². The van der Waals surface area contributed by atoms with E-state index in [1.165, 1.54) is 16.9 Å². The summed E-state index contributed by atoms with van der Waals surface area (Å²) < 4.78 is 0. The number of anilines is 2. The number of fused-ring (bicyclic) bond motifs is 1. The number of hydrogen-bond donors (Lipinski definition) is 2. The summed E-state index contributed by atoms with van der Waals surface area (Å²) in [5, 5.41) is 6.65. The maximum atomic E-state index is 3.34. The first kappa shape index (κ1) is 7.47. The van der Waals surface area contributed by atoms with E-state index in [0.717, 1.165) is 19.5 Å². The van der Waals surface area contributed by atoms with Crippen molar-refractivity contribution in [2.45, 2.75) is 13.3 Å². The van der Waals surface area contributed by atoms with Gasteiger partial charge in [0.2, 0.25) is 0 Å². The summed E-state index contributed by atoms with van der Waals surface area (Å²) in [5.74, 6) is 0. The maximum Gasteiger partial charge on any atom is 0.0375 e. The molecule has 12 heavy (non-hydrogen) atoms. The Morgan fingerprint density at radius 3 is 3.25 bits per heavy atom. The van der Waals surface area contributed by atoms with Crippen LogP contribution in [0.5, 0.6) is 0 Å². The van der Waals surface area contributed by atoms with Crippen LogP contribution in [-0.2, 0) is 6.42 Å². The zero-order chi connectivity index (χ0) is 8.39. The molecule has 2 heteroatoms. The zero-order valence-electron chi connectivity index (χ0n) is 7.35. The second-order valence-electron chi connectivity index (χ2n) is 3.08. The van der Waals surface area contributed by atoms with Crippen molar-refractivity contribution in [3.8, 4) is 0 Å². The van der Waals surface area contributed by atoms with Gasteiger partial charge in [0.05, 0.1) is 0 Å². The van der Waals surface area contributed by atoms with Crippen LogP contribution in [0.2, 0.25) is 0 Å². The third-order valence-corrected chi connectivity index (χ3v) is 2.20. The van der Waals surface area contributed by atoms with Crippen LogP contribution in [0.15, 0.2) is 18.2 Å². The van der Waals surface area contributed by atoms with Gasteiger partial charge in [-0.1, -0.05) is 0 Å². The van der Waals surface area contributed by atoms with Gasteiger partial charge in [0.15, 0.2) is 0 Å². The SMILES string of the molecule is CCNc1ccc2c(c1)CCN2. The van der Waals surface area contributed by atoms with Crippen molar-refractivity contribution < 1.29 is 0 Å². The van der Waals surface area contributed by atoms with Crippen LogP contribution in [0.25, 0.3) is 0 Å². The third-order valence-electron chi connectivity index (χ3n) is 2.20. The molecular formula is C10H14N2. The lowest BCUT2D eigenvalue weighted by molar-refractivity contribution is 1.10. The monoisotopic (exact) mass is 162 g/mol. The summed E-state index contributed by atoms with van der Waals surface area (Å²) in [4.78, 5) is 0. The first-order valence-electron chi connectivity index (χ1n) is 4.51. The average Bonchev–Trinajstić information content (AvgIpc) is 2.51. The van der Waals surface area contributed by atoms with E-state index >= 15 is 0 Å². The second kappa shape index (κ2) is 3.05. The summed E-state index contributed by atoms with van der Waals surface area (Å²) >= 11 is 0. The highest BCUT2D eigenvalue weighted by molar-refractivity contribution is 5.62. The largest absolute Gasteiger partial charge is 0.385 e. The summed E-state index contributed by atoms with van der Waals surface area (Å²) in [5.41, 5.74) is 3.98. The lowest BCUT2D eigenvalue weighted by atomic mass is 10.1. The Labute approximate surface area is 73.0 Å². The van der Waals surface area contributed by atoms with Crippen LogP contribution in [0.4, 0.5) is 11.4 Å². The maximum absolute atomic E-state index is 3.34. The van der Waals surface area contributed by atoms with Crippen LogP contribution in [0, 0.1) is 0 Å². The quantitative estimate of drug-likeness (QED) is 0.695. The van der Waals surface area contributed by atoms with E-state index in [0.29, 0.717) is 0 Å². The molecule has 0 aliphatic carbocycles. The molecule has 1 aromatic carbocycles. The fourth-order valence-electron chi connectivity index (χ4n) is 1.62. The van der Waals surface area contributed by atoms with E-state index in [1.54, 1.807) is 0 Å². The minimum atomic E-state index is 0.992. The lowest BCUT2D eigenvalue weighted by Gasteiger charge is -2.05. The minimum Gasteiger partial charge on any atom is -0.385 e. The van der Waals surface area contributed by atoms with Gasteiger partial charge >= 0.3 is 0 Å².